The van der Waals surface area contributed by atoms with Gasteiger partial charge in [0.2, 0.25) is 0 Å². The van der Waals surface area contributed by atoms with Gasteiger partial charge in [0.1, 0.15) is 12.4 Å². The Labute approximate surface area is 137 Å². The molecule has 0 bridgehead atoms. The zero-order valence-electron chi connectivity index (χ0n) is 10.9. The molecule has 0 aliphatic rings. The Morgan fingerprint density at radius 3 is 2.65 bits per heavy atom. The molecule has 0 heterocycles. The van der Waals surface area contributed by atoms with Crippen LogP contribution in [0.25, 0.3) is 0 Å². The lowest BCUT2D eigenvalue weighted by Gasteiger charge is -2.11. The number of nitrogens with one attached hydrogen (secondary N) is 1. The molecule has 0 saturated heterocycles. The van der Waals surface area contributed by atoms with Crippen molar-refractivity contribution in [1.29, 1.82) is 0 Å². The topological polar surface area (TPSA) is 21.3 Å². The van der Waals surface area contributed by atoms with Crippen molar-refractivity contribution in [1.82, 2.24) is 5.32 Å². The van der Waals surface area contributed by atoms with Gasteiger partial charge in [0.05, 0.1) is 5.02 Å². The lowest BCUT2D eigenvalue weighted by Crippen LogP contribution is -2.05. The van der Waals surface area contributed by atoms with Gasteiger partial charge in [-0.25, -0.2) is 0 Å². The van der Waals surface area contributed by atoms with E-state index in [2.05, 4.69) is 33.4 Å². The SMILES string of the molecule is CNCc1ccc(COc2cc(Cl)ccc2Cl)c(Br)c1. The minimum Gasteiger partial charge on any atom is -0.487 e. The van der Waals surface area contributed by atoms with E-state index in [9.17, 15) is 0 Å². The number of hydrogen-bond acceptors (Lipinski definition) is 2. The number of rotatable bonds is 5. The first-order valence-electron chi connectivity index (χ1n) is 6.10. The van der Waals surface area contributed by atoms with Gasteiger partial charge in [-0.15, -0.1) is 0 Å². The van der Waals surface area contributed by atoms with Crippen LogP contribution in [0, 0.1) is 0 Å². The summed E-state index contributed by atoms with van der Waals surface area (Å²) in [5, 5.41) is 4.28. The maximum Gasteiger partial charge on any atom is 0.139 e. The van der Waals surface area contributed by atoms with Crippen molar-refractivity contribution in [3.63, 3.8) is 0 Å². The van der Waals surface area contributed by atoms with Crippen molar-refractivity contribution >= 4 is 39.1 Å². The summed E-state index contributed by atoms with van der Waals surface area (Å²) >= 11 is 15.6. The molecular formula is C15H14BrCl2NO. The van der Waals surface area contributed by atoms with Gasteiger partial charge in [-0.2, -0.15) is 0 Å². The molecule has 2 aromatic rings. The van der Waals surface area contributed by atoms with Crippen LogP contribution in [0.1, 0.15) is 11.1 Å². The molecule has 5 heteroatoms. The molecule has 0 spiro atoms. The zero-order chi connectivity index (χ0) is 14.5. The Morgan fingerprint density at radius 1 is 1.15 bits per heavy atom. The van der Waals surface area contributed by atoms with E-state index in [1.54, 1.807) is 18.2 Å². The van der Waals surface area contributed by atoms with Crippen LogP contribution in [0.15, 0.2) is 40.9 Å². The van der Waals surface area contributed by atoms with E-state index in [-0.39, 0.29) is 0 Å². The summed E-state index contributed by atoms with van der Waals surface area (Å²) in [4.78, 5) is 0. The van der Waals surface area contributed by atoms with Gasteiger partial charge in [0.15, 0.2) is 0 Å². The first-order valence-corrected chi connectivity index (χ1v) is 7.65. The Hall–Kier alpha value is -0.740. The third kappa shape index (κ3) is 4.13. The molecule has 0 amide bonds. The molecule has 1 N–H and O–H groups in total. The second-order valence-corrected chi connectivity index (χ2v) is 6.02. The minimum absolute atomic E-state index is 0.431. The van der Waals surface area contributed by atoms with Gasteiger partial charge in [-0.1, -0.05) is 51.3 Å². The highest BCUT2D eigenvalue weighted by Crippen LogP contribution is 2.29. The molecule has 0 atom stereocenters. The molecule has 2 rings (SSSR count). The van der Waals surface area contributed by atoms with Crippen molar-refractivity contribution in [2.75, 3.05) is 7.05 Å². The lowest BCUT2D eigenvalue weighted by molar-refractivity contribution is 0.305. The molecule has 2 nitrogen and oxygen atoms in total. The first-order chi connectivity index (χ1) is 9.60. The van der Waals surface area contributed by atoms with Crippen molar-refractivity contribution in [2.24, 2.45) is 0 Å². The fourth-order valence-electron chi connectivity index (χ4n) is 1.77. The lowest BCUT2D eigenvalue weighted by atomic mass is 10.1. The summed E-state index contributed by atoms with van der Waals surface area (Å²) in [5.74, 6) is 0.588. The molecule has 0 aromatic heterocycles. The normalized spacial score (nSPS) is 10.6. The van der Waals surface area contributed by atoms with E-state index in [1.165, 1.54) is 5.56 Å². The first kappa shape index (κ1) is 15.6. The third-order valence-corrected chi connectivity index (χ3v) is 4.06. The van der Waals surface area contributed by atoms with E-state index in [0.717, 1.165) is 16.6 Å². The predicted octanol–water partition coefficient (Wildman–Crippen LogP) is 5.05. The predicted molar refractivity (Wildman–Crippen MR) is 87.7 cm³/mol. The summed E-state index contributed by atoms with van der Waals surface area (Å²) in [6.07, 6.45) is 0. The van der Waals surface area contributed by atoms with Crippen molar-refractivity contribution in [3.8, 4) is 5.75 Å². The number of hydrogen-bond donors (Lipinski definition) is 1. The summed E-state index contributed by atoms with van der Waals surface area (Å²) in [5.41, 5.74) is 2.27. The van der Waals surface area contributed by atoms with E-state index in [4.69, 9.17) is 27.9 Å². The molecule has 0 fully saturated rings. The van der Waals surface area contributed by atoms with Crippen LogP contribution in [0.3, 0.4) is 0 Å². The molecule has 0 unspecified atom stereocenters. The average molecular weight is 375 g/mol. The third-order valence-electron chi connectivity index (χ3n) is 2.77. The number of ether oxygens (including phenoxy) is 1. The molecule has 0 aliphatic carbocycles. The van der Waals surface area contributed by atoms with Gasteiger partial charge >= 0.3 is 0 Å². The largest absolute Gasteiger partial charge is 0.487 e. The summed E-state index contributed by atoms with van der Waals surface area (Å²) in [7, 11) is 1.92. The highest BCUT2D eigenvalue weighted by Gasteiger charge is 2.06. The van der Waals surface area contributed by atoms with Crippen LogP contribution in [-0.4, -0.2) is 7.05 Å². The standard InChI is InChI=1S/C15H14BrCl2NO/c1-19-8-10-2-3-11(13(16)6-10)9-20-15-7-12(17)4-5-14(15)18/h2-7,19H,8-9H2,1H3. The Morgan fingerprint density at radius 2 is 1.95 bits per heavy atom. The van der Waals surface area contributed by atoms with Gasteiger partial charge in [-0.05, 0) is 30.8 Å². The molecule has 0 saturated carbocycles. The summed E-state index contributed by atoms with van der Waals surface area (Å²) in [6, 6.07) is 11.4. The highest BCUT2D eigenvalue weighted by atomic mass is 79.9. The van der Waals surface area contributed by atoms with Crippen LogP contribution >= 0.6 is 39.1 Å². The number of benzene rings is 2. The van der Waals surface area contributed by atoms with E-state index < -0.39 is 0 Å². The minimum atomic E-state index is 0.431. The molecule has 20 heavy (non-hydrogen) atoms. The quantitative estimate of drug-likeness (QED) is 0.790. The Balaban J connectivity index is 2.09. The molecular weight excluding hydrogens is 361 g/mol. The molecule has 0 aliphatic heterocycles. The summed E-state index contributed by atoms with van der Waals surface area (Å²) < 4.78 is 6.74. The van der Waals surface area contributed by atoms with Gasteiger partial charge < -0.3 is 10.1 Å². The monoisotopic (exact) mass is 373 g/mol. The Bertz CT molecular complexity index is 604. The summed E-state index contributed by atoms with van der Waals surface area (Å²) in [6.45, 7) is 1.26. The molecule has 106 valence electrons. The van der Waals surface area contributed by atoms with Crippen LogP contribution in [0.2, 0.25) is 10.0 Å². The van der Waals surface area contributed by atoms with Crippen LogP contribution in [-0.2, 0) is 13.2 Å². The van der Waals surface area contributed by atoms with E-state index in [1.807, 2.05) is 13.1 Å². The van der Waals surface area contributed by atoms with Gasteiger partial charge in [0.25, 0.3) is 0 Å². The fourth-order valence-corrected chi connectivity index (χ4v) is 2.64. The Kier molecular flexibility index (Phi) is 5.73. The average Bonchev–Trinajstić information content (AvgIpc) is 2.42. The molecule has 0 radical (unpaired) electrons. The fraction of sp³-hybridized carbons (Fsp3) is 0.200. The van der Waals surface area contributed by atoms with E-state index >= 15 is 0 Å². The highest BCUT2D eigenvalue weighted by molar-refractivity contribution is 9.10. The van der Waals surface area contributed by atoms with E-state index in [0.29, 0.717) is 22.4 Å². The van der Waals surface area contributed by atoms with Gasteiger partial charge in [0, 0.05) is 27.7 Å². The maximum absolute atomic E-state index is 6.07. The smallest absolute Gasteiger partial charge is 0.139 e. The van der Waals surface area contributed by atoms with Gasteiger partial charge in [-0.3, -0.25) is 0 Å². The van der Waals surface area contributed by atoms with Crippen molar-refractivity contribution < 1.29 is 4.74 Å². The van der Waals surface area contributed by atoms with Crippen LogP contribution < -0.4 is 10.1 Å². The second-order valence-electron chi connectivity index (χ2n) is 4.32. The van der Waals surface area contributed by atoms with Crippen LogP contribution in [0.5, 0.6) is 5.75 Å². The maximum atomic E-state index is 6.07. The van der Waals surface area contributed by atoms with Crippen LogP contribution in [0.4, 0.5) is 0 Å². The second kappa shape index (κ2) is 7.32. The zero-order valence-corrected chi connectivity index (χ0v) is 14.0. The number of halogens is 3. The van der Waals surface area contributed by atoms with Crippen molar-refractivity contribution in [2.45, 2.75) is 13.2 Å². The molecule has 2 aromatic carbocycles. The van der Waals surface area contributed by atoms with Crippen molar-refractivity contribution in [3.05, 3.63) is 62.0 Å².